The van der Waals surface area contributed by atoms with Crippen molar-refractivity contribution in [2.24, 2.45) is 0 Å². The predicted molar refractivity (Wildman–Crippen MR) is 147 cm³/mol. The molecule has 1 heterocycles. The molecular weight excluding hydrogens is 465 g/mol. The molecule has 0 saturated carbocycles. The van der Waals surface area contributed by atoms with E-state index in [0.29, 0.717) is 18.7 Å². The van der Waals surface area contributed by atoms with Gasteiger partial charge in [0, 0.05) is 25.1 Å². The van der Waals surface area contributed by atoms with Gasteiger partial charge in [-0.25, -0.2) is 9.37 Å². The minimum Gasteiger partial charge on any atom is -0.493 e. The summed E-state index contributed by atoms with van der Waals surface area (Å²) in [7, 11) is 0. The van der Waals surface area contributed by atoms with E-state index in [2.05, 4.69) is 60.1 Å². The molecule has 0 bridgehead atoms. The van der Waals surface area contributed by atoms with Crippen molar-refractivity contribution in [2.45, 2.75) is 58.9 Å². The fourth-order valence-electron chi connectivity index (χ4n) is 4.63. The van der Waals surface area contributed by atoms with Gasteiger partial charge in [-0.3, -0.25) is 4.79 Å². The molecule has 0 unspecified atom stereocenters. The maximum Gasteiger partial charge on any atom is 0.251 e. The molecule has 0 aliphatic rings. The number of fused-ring (bicyclic) bond motifs is 1. The summed E-state index contributed by atoms with van der Waals surface area (Å²) in [4.78, 5) is 17.1. The van der Waals surface area contributed by atoms with Gasteiger partial charge in [0.1, 0.15) is 17.4 Å². The number of ether oxygens (including phenoxy) is 1. The van der Waals surface area contributed by atoms with Crippen LogP contribution in [0, 0.1) is 19.7 Å². The Hall–Kier alpha value is -3.67. The molecule has 0 spiro atoms. The van der Waals surface area contributed by atoms with Crippen LogP contribution in [0.1, 0.15) is 59.4 Å². The first-order valence-corrected chi connectivity index (χ1v) is 13.2. The molecule has 194 valence electrons. The number of aryl methyl sites for hydroxylation is 4. The third-order valence-electron chi connectivity index (χ3n) is 6.63. The van der Waals surface area contributed by atoms with E-state index in [-0.39, 0.29) is 11.7 Å². The molecule has 6 heteroatoms. The van der Waals surface area contributed by atoms with Crippen LogP contribution < -0.4 is 10.1 Å². The van der Waals surface area contributed by atoms with Crippen molar-refractivity contribution < 1.29 is 13.9 Å². The molecular formula is C31H36FN3O2. The van der Waals surface area contributed by atoms with Gasteiger partial charge in [0.05, 0.1) is 17.6 Å². The van der Waals surface area contributed by atoms with Crippen LogP contribution in [-0.4, -0.2) is 28.6 Å². The van der Waals surface area contributed by atoms with Gasteiger partial charge in [-0.1, -0.05) is 36.8 Å². The monoisotopic (exact) mass is 501 g/mol. The van der Waals surface area contributed by atoms with Crippen molar-refractivity contribution in [3.63, 3.8) is 0 Å². The van der Waals surface area contributed by atoms with Crippen molar-refractivity contribution in [2.75, 3.05) is 13.2 Å². The minimum atomic E-state index is -0.340. The van der Waals surface area contributed by atoms with Crippen molar-refractivity contribution in [3.05, 3.63) is 95.1 Å². The molecule has 0 radical (unpaired) electrons. The average molecular weight is 502 g/mol. The minimum absolute atomic E-state index is 0.164. The van der Waals surface area contributed by atoms with E-state index in [9.17, 15) is 9.18 Å². The molecule has 4 aromatic rings. The highest BCUT2D eigenvalue weighted by Gasteiger charge is 2.11. The van der Waals surface area contributed by atoms with E-state index >= 15 is 0 Å². The number of imidazole rings is 1. The second-order valence-electron chi connectivity index (χ2n) is 9.52. The first-order chi connectivity index (χ1) is 18.0. The lowest BCUT2D eigenvalue weighted by molar-refractivity contribution is 0.0953. The summed E-state index contributed by atoms with van der Waals surface area (Å²) >= 11 is 0. The number of carbonyl (C=O) groups excluding carboxylic acids is 1. The summed E-state index contributed by atoms with van der Waals surface area (Å²) in [5.74, 6) is 1.62. The van der Waals surface area contributed by atoms with Crippen molar-refractivity contribution in [1.29, 1.82) is 0 Å². The van der Waals surface area contributed by atoms with Crippen LogP contribution in [0.3, 0.4) is 0 Å². The maximum absolute atomic E-state index is 13.0. The van der Waals surface area contributed by atoms with Crippen molar-refractivity contribution in [3.8, 4) is 5.75 Å². The molecule has 3 aromatic carbocycles. The third-order valence-corrected chi connectivity index (χ3v) is 6.63. The number of hydrogen-bond donors (Lipinski definition) is 1. The fourth-order valence-corrected chi connectivity index (χ4v) is 4.63. The lowest BCUT2D eigenvalue weighted by atomic mass is 10.1. The second-order valence-corrected chi connectivity index (χ2v) is 9.52. The van der Waals surface area contributed by atoms with Crippen LogP contribution in [0.5, 0.6) is 5.75 Å². The third kappa shape index (κ3) is 7.19. The zero-order chi connectivity index (χ0) is 26.0. The lowest BCUT2D eigenvalue weighted by Gasteiger charge is -2.13. The number of halogens is 1. The molecule has 5 nitrogen and oxygen atoms in total. The Morgan fingerprint density at radius 3 is 2.43 bits per heavy atom. The number of hydrogen-bond acceptors (Lipinski definition) is 3. The number of benzene rings is 3. The number of rotatable bonds is 13. The summed E-state index contributed by atoms with van der Waals surface area (Å²) in [6.45, 7) is 6.40. The fraction of sp³-hybridized carbons (Fsp3) is 0.355. The summed E-state index contributed by atoms with van der Waals surface area (Å²) in [5, 5.41) is 2.91. The SMILES string of the molecule is Cc1cccc(C)c1OCCCCn1c(CCCCCNC(=O)c2ccc(F)cc2)nc2ccccc21. The zero-order valence-corrected chi connectivity index (χ0v) is 21.8. The van der Waals surface area contributed by atoms with Gasteiger partial charge in [0.15, 0.2) is 0 Å². The number of amides is 1. The van der Waals surface area contributed by atoms with Gasteiger partial charge >= 0.3 is 0 Å². The van der Waals surface area contributed by atoms with Gasteiger partial charge in [0.25, 0.3) is 5.91 Å². The average Bonchev–Trinajstić information content (AvgIpc) is 3.25. The Kier molecular flexibility index (Phi) is 9.30. The molecule has 1 N–H and O–H groups in total. The molecule has 37 heavy (non-hydrogen) atoms. The molecule has 0 aliphatic heterocycles. The van der Waals surface area contributed by atoms with Crippen molar-refractivity contribution in [1.82, 2.24) is 14.9 Å². The van der Waals surface area contributed by atoms with Crippen LogP contribution in [0.4, 0.5) is 4.39 Å². The van der Waals surface area contributed by atoms with Gasteiger partial charge in [0.2, 0.25) is 0 Å². The molecule has 0 atom stereocenters. The number of unbranched alkanes of at least 4 members (excludes halogenated alkanes) is 3. The Labute approximate surface area is 218 Å². The van der Waals surface area contributed by atoms with Crippen LogP contribution in [0.15, 0.2) is 66.7 Å². The zero-order valence-electron chi connectivity index (χ0n) is 21.8. The number of nitrogens with one attached hydrogen (secondary N) is 1. The Bertz CT molecular complexity index is 1290. The van der Waals surface area contributed by atoms with Crippen LogP contribution in [0.2, 0.25) is 0 Å². The van der Waals surface area contributed by atoms with E-state index in [1.807, 2.05) is 6.07 Å². The Balaban J connectivity index is 1.23. The van der Waals surface area contributed by atoms with Gasteiger partial charge in [-0.05, 0) is 87.1 Å². The van der Waals surface area contributed by atoms with Gasteiger partial charge in [-0.15, -0.1) is 0 Å². The molecule has 0 saturated heterocycles. The summed E-state index contributed by atoms with van der Waals surface area (Å²) in [5.41, 5.74) is 5.06. The van der Waals surface area contributed by atoms with Gasteiger partial charge < -0.3 is 14.6 Å². The van der Waals surface area contributed by atoms with E-state index < -0.39 is 0 Å². The number of carbonyl (C=O) groups is 1. The molecule has 0 fully saturated rings. The number of para-hydroxylation sites is 3. The lowest BCUT2D eigenvalue weighted by Crippen LogP contribution is -2.24. The second kappa shape index (κ2) is 13.0. The number of nitrogens with zero attached hydrogens (tertiary/aromatic N) is 2. The van der Waals surface area contributed by atoms with Crippen molar-refractivity contribution >= 4 is 16.9 Å². The largest absolute Gasteiger partial charge is 0.493 e. The highest BCUT2D eigenvalue weighted by molar-refractivity contribution is 5.94. The van der Waals surface area contributed by atoms with E-state index in [0.717, 1.165) is 62.2 Å². The molecule has 1 aromatic heterocycles. The Morgan fingerprint density at radius 2 is 1.65 bits per heavy atom. The summed E-state index contributed by atoms with van der Waals surface area (Å²) in [6, 6.07) is 20.2. The van der Waals surface area contributed by atoms with Crippen LogP contribution in [-0.2, 0) is 13.0 Å². The molecule has 1 amide bonds. The maximum atomic E-state index is 13.0. The highest BCUT2D eigenvalue weighted by Crippen LogP contribution is 2.23. The quantitative estimate of drug-likeness (QED) is 0.205. The first kappa shape index (κ1) is 26.4. The van der Waals surface area contributed by atoms with E-state index in [1.165, 1.54) is 40.9 Å². The normalized spacial score (nSPS) is 11.1. The molecule has 4 rings (SSSR count). The summed E-state index contributed by atoms with van der Waals surface area (Å²) in [6.07, 6.45) is 5.80. The van der Waals surface area contributed by atoms with E-state index in [4.69, 9.17) is 9.72 Å². The predicted octanol–water partition coefficient (Wildman–Crippen LogP) is 6.79. The number of aromatic nitrogens is 2. The Morgan fingerprint density at radius 1 is 0.892 bits per heavy atom. The van der Waals surface area contributed by atoms with Crippen LogP contribution in [0.25, 0.3) is 11.0 Å². The standard InChI is InChI=1S/C31H36FN3O2/c1-23-11-10-12-24(2)30(23)37-22-9-8-21-35-28-14-6-5-13-27(28)34-29(35)15-4-3-7-20-33-31(36)25-16-18-26(32)19-17-25/h5-6,10-14,16-19H,3-4,7-9,15,20-22H2,1-2H3,(H,33,36). The topological polar surface area (TPSA) is 56.1 Å². The smallest absolute Gasteiger partial charge is 0.251 e. The molecule has 0 aliphatic carbocycles. The summed E-state index contributed by atoms with van der Waals surface area (Å²) < 4.78 is 21.5. The van der Waals surface area contributed by atoms with E-state index in [1.54, 1.807) is 0 Å². The first-order valence-electron chi connectivity index (χ1n) is 13.2. The van der Waals surface area contributed by atoms with Gasteiger partial charge in [-0.2, -0.15) is 0 Å². The highest BCUT2D eigenvalue weighted by atomic mass is 19.1. The van der Waals surface area contributed by atoms with Crippen LogP contribution >= 0.6 is 0 Å².